The number of aromatic nitrogens is 6. The molecule has 0 aliphatic carbocycles. The monoisotopic (exact) mass is 372 g/mol. The van der Waals surface area contributed by atoms with Crippen molar-refractivity contribution in [1.29, 1.82) is 0 Å². The van der Waals surface area contributed by atoms with Gasteiger partial charge < -0.3 is 0 Å². The van der Waals surface area contributed by atoms with Gasteiger partial charge in [0.1, 0.15) is 11.2 Å². The molecule has 26 heavy (non-hydrogen) atoms. The minimum Gasteiger partial charge on any atom is -0.290 e. The summed E-state index contributed by atoms with van der Waals surface area (Å²) in [6, 6.07) is 2.75. The van der Waals surface area contributed by atoms with Crippen molar-refractivity contribution in [3.8, 4) is 11.5 Å². The highest BCUT2D eigenvalue weighted by Crippen LogP contribution is 2.34. The first-order valence-electron chi connectivity index (χ1n) is 6.97. The van der Waals surface area contributed by atoms with Crippen LogP contribution in [0.3, 0.4) is 0 Å². The molecule has 0 saturated heterocycles. The van der Waals surface area contributed by atoms with Crippen molar-refractivity contribution in [1.82, 2.24) is 28.9 Å². The molecule has 4 aromatic rings. The van der Waals surface area contributed by atoms with Crippen LogP contribution in [0.25, 0.3) is 28.5 Å². The lowest BCUT2D eigenvalue weighted by molar-refractivity contribution is -0.200. The number of nitrogens with zero attached hydrogens (tertiary/aromatic N) is 6. The molecular formula is C14H6F6N6. The van der Waals surface area contributed by atoms with Gasteiger partial charge in [-0.1, -0.05) is 0 Å². The molecule has 0 N–H and O–H groups in total. The Labute approximate surface area is 139 Å². The maximum atomic E-state index is 13.5. The zero-order valence-corrected chi connectivity index (χ0v) is 12.4. The van der Waals surface area contributed by atoms with E-state index >= 15 is 0 Å². The number of imidazole rings is 2. The van der Waals surface area contributed by atoms with Gasteiger partial charge in [-0.2, -0.15) is 13.2 Å². The Morgan fingerprint density at radius 2 is 1.69 bits per heavy atom. The lowest BCUT2D eigenvalue weighted by atomic mass is 10.3. The van der Waals surface area contributed by atoms with Crippen molar-refractivity contribution in [3.63, 3.8) is 0 Å². The molecule has 0 aliphatic heterocycles. The van der Waals surface area contributed by atoms with Crippen molar-refractivity contribution < 1.29 is 26.3 Å². The summed E-state index contributed by atoms with van der Waals surface area (Å²) in [4.78, 5) is 14.9. The van der Waals surface area contributed by atoms with E-state index < -0.39 is 29.5 Å². The van der Waals surface area contributed by atoms with E-state index in [4.69, 9.17) is 0 Å². The summed E-state index contributed by atoms with van der Waals surface area (Å²) in [7, 11) is 0. The highest BCUT2D eigenvalue weighted by atomic mass is 19.4. The third kappa shape index (κ3) is 2.53. The zero-order valence-electron chi connectivity index (χ0n) is 12.4. The van der Waals surface area contributed by atoms with Crippen molar-refractivity contribution in [2.75, 3.05) is 0 Å². The minimum absolute atomic E-state index is 0.0270. The smallest absolute Gasteiger partial charge is 0.290 e. The number of pyridine rings is 1. The van der Waals surface area contributed by atoms with E-state index in [1.807, 2.05) is 0 Å². The number of rotatable bonds is 1. The minimum atomic E-state index is -4.85. The van der Waals surface area contributed by atoms with Gasteiger partial charge in [-0.15, -0.1) is 13.2 Å². The molecule has 12 heteroatoms. The molecule has 6 nitrogen and oxygen atoms in total. The Morgan fingerprint density at radius 1 is 0.923 bits per heavy atom. The fourth-order valence-electron chi connectivity index (χ4n) is 2.46. The van der Waals surface area contributed by atoms with Crippen molar-refractivity contribution in [3.05, 3.63) is 42.5 Å². The van der Waals surface area contributed by atoms with E-state index in [2.05, 4.69) is 19.9 Å². The van der Waals surface area contributed by atoms with Crippen LogP contribution >= 0.6 is 0 Å². The van der Waals surface area contributed by atoms with Crippen LogP contribution in [0.2, 0.25) is 0 Å². The molecule has 0 bridgehead atoms. The van der Waals surface area contributed by atoms with Crippen LogP contribution in [0.15, 0.2) is 36.9 Å². The van der Waals surface area contributed by atoms with E-state index in [1.54, 1.807) is 0 Å². The van der Waals surface area contributed by atoms with E-state index in [0.29, 0.717) is 12.4 Å². The lowest BCUT2D eigenvalue weighted by Crippen LogP contribution is -2.18. The molecule has 0 amide bonds. The zero-order chi connectivity index (χ0) is 18.7. The van der Waals surface area contributed by atoms with Crippen LogP contribution in [0.5, 0.6) is 0 Å². The van der Waals surface area contributed by atoms with Crippen LogP contribution in [-0.2, 0) is 12.5 Å². The molecule has 0 unspecified atom stereocenters. The first kappa shape index (κ1) is 16.3. The molecule has 4 heterocycles. The van der Waals surface area contributed by atoms with E-state index in [9.17, 15) is 26.3 Å². The topological polar surface area (TPSA) is 60.9 Å². The van der Waals surface area contributed by atoms with Crippen molar-refractivity contribution in [2.24, 2.45) is 0 Å². The Bertz CT molecular complexity index is 1120. The summed E-state index contributed by atoms with van der Waals surface area (Å²) >= 11 is 0. The van der Waals surface area contributed by atoms with Crippen LogP contribution < -0.4 is 0 Å². The Balaban J connectivity index is 1.95. The maximum absolute atomic E-state index is 13.5. The molecule has 0 spiro atoms. The lowest BCUT2D eigenvalue weighted by Gasteiger charge is -2.10. The summed E-state index contributed by atoms with van der Waals surface area (Å²) in [6.07, 6.45) is -6.07. The van der Waals surface area contributed by atoms with Gasteiger partial charge in [-0.05, 0) is 12.1 Å². The number of hydrogen-bond acceptors (Lipinski definition) is 4. The standard InChI is InChI=1S/C14H6F6N6/c15-13(16,17)7-4-22-12-24-9(6-25(12)5-7)11-23-8-2-1-3-21-10(8)26(11)14(18,19)20/h1-6H. The van der Waals surface area contributed by atoms with Gasteiger partial charge in [0.25, 0.3) is 0 Å². The SMILES string of the molecule is FC(F)(F)c1cnc2nc(-c3nc4cccnc4n3C(F)(F)F)cn2c1. The van der Waals surface area contributed by atoms with Gasteiger partial charge in [-0.25, -0.2) is 24.5 Å². The Hall–Kier alpha value is -3.18. The molecule has 4 aromatic heterocycles. The third-order valence-electron chi connectivity index (χ3n) is 3.54. The number of alkyl halides is 6. The molecule has 134 valence electrons. The molecule has 0 radical (unpaired) electrons. The van der Waals surface area contributed by atoms with Gasteiger partial charge in [0, 0.05) is 24.8 Å². The predicted octanol–water partition coefficient (Wildman–Crippen LogP) is 3.64. The quantitative estimate of drug-likeness (QED) is 0.479. The van der Waals surface area contributed by atoms with Gasteiger partial charge in [0.15, 0.2) is 11.5 Å². The third-order valence-corrected chi connectivity index (χ3v) is 3.54. The molecule has 4 rings (SSSR count). The number of fused-ring (bicyclic) bond motifs is 2. The van der Waals surface area contributed by atoms with Gasteiger partial charge in [-0.3, -0.25) is 4.40 Å². The number of hydrogen-bond donors (Lipinski definition) is 0. The van der Waals surface area contributed by atoms with E-state index in [-0.39, 0.29) is 21.6 Å². The Kier molecular flexibility index (Phi) is 3.23. The van der Waals surface area contributed by atoms with Gasteiger partial charge >= 0.3 is 12.5 Å². The average molecular weight is 372 g/mol. The summed E-state index contributed by atoms with van der Waals surface area (Å²) in [5, 5.41) is 0. The van der Waals surface area contributed by atoms with Gasteiger partial charge in [0.2, 0.25) is 5.78 Å². The summed E-state index contributed by atoms with van der Waals surface area (Å²) in [5.41, 5.74) is -1.80. The fraction of sp³-hybridized carbons (Fsp3) is 0.143. The summed E-state index contributed by atoms with van der Waals surface area (Å²) < 4.78 is 79.5. The average Bonchev–Trinajstić information content (AvgIpc) is 3.13. The van der Waals surface area contributed by atoms with Gasteiger partial charge in [0.05, 0.1) is 5.56 Å². The molecule has 0 atom stereocenters. The summed E-state index contributed by atoms with van der Waals surface area (Å²) in [6.45, 7) is 0. The largest absolute Gasteiger partial charge is 0.491 e. The van der Waals surface area contributed by atoms with Crippen LogP contribution in [0, 0.1) is 0 Å². The second kappa shape index (κ2) is 5.16. The van der Waals surface area contributed by atoms with E-state index in [1.165, 1.54) is 18.3 Å². The molecule has 0 aromatic carbocycles. The van der Waals surface area contributed by atoms with Crippen molar-refractivity contribution >= 4 is 16.9 Å². The molecule has 0 saturated carbocycles. The van der Waals surface area contributed by atoms with E-state index in [0.717, 1.165) is 10.6 Å². The fourth-order valence-corrected chi connectivity index (χ4v) is 2.46. The highest BCUT2D eigenvalue weighted by molar-refractivity contribution is 5.76. The molecule has 0 aliphatic rings. The molecule has 0 fully saturated rings. The normalized spacial score (nSPS) is 13.0. The second-order valence-electron chi connectivity index (χ2n) is 5.26. The number of halogens is 6. The first-order valence-corrected chi connectivity index (χ1v) is 6.97. The second-order valence-corrected chi connectivity index (χ2v) is 5.26. The maximum Gasteiger partial charge on any atom is 0.491 e. The highest BCUT2D eigenvalue weighted by Gasteiger charge is 2.37. The first-order chi connectivity index (χ1) is 12.1. The Morgan fingerprint density at radius 3 is 2.38 bits per heavy atom. The van der Waals surface area contributed by atoms with Crippen LogP contribution in [-0.4, -0.2) is 28.9 Å². The summed E-state index contributed by atoms with van der Waals surface area (Å²) in [5.74, 6) is -0.785. The molecular weight excluding hydrogens is 366 g/mol. The van der Waals surface area contributed by atoms with Crippen molar-refractivity contribution in [2.45, 2.75) is 12.5 Å². The predicted molar refractivity (Wildman–Crippen MR) is 75.8 cm³/mol. The van der Waals surface area contributed by atoms with Crippen LogP contribution in [0.1, 0.15) is 5.56 Å². The van der Waals surface area contributed by atoms with Crippen LogP contribution in [0.4, 0.5) is 26.3 Å².